The summed E-state index contributed by atoms with van der Waals surface area (Å²) < 4.78 is 0. The third kappa shape index (κ3) is 4.09. The first kappa shape index (κ1) is 19.6. The normalized spacial score (nSPS) is 14.5. The SMILES string of the molecule is CCCCN1C(=O)c2ccc(C(=O)N[C@H](CC(C)C)C(=O)O)cc2C1=O. The third-order valence-electron chi connectivity index (χ3n) is 4.28. The molecule has 1 aromatic carbocycles. The molecule has 0 bridgehead atoms. The molecule has 0 saturated carbocycles. The molecular formula is C19H24N2O5. The summed E-state index contributed by atoms with van der Waals surface area (Å²) in [4.78, 5) is 49.6. The molecule has 2 rings (SSSR count). The van der Waals surface area contributed by atoms with Crippen LogP contribution in [0, 0.1) is 5.92 Å². The molecule has 2 N–H and O–H groups in total. The van der Waals surface area contributed by atoms with E-state index in [1.54, 1.807) is 0 Å². The fourth-order valence-corrected chi connectivity index (χ4v) is 2.89. The number of carbonyl (C=O) groups excluding carboxylic acids is 3. The fraction of sp³-hybridized carbons (Fsp3) is 0.474. The second kappa shape index (κ2) is 8.12. The van der Waals surface area contributed by atoms with Crippen molar-refractivity contribution in [1.29, 1.82) is 0 Å². The van der Waals surface area contributed by atoms with Crippen molar-refractivity contribution in [3.63, 3.8) is 0 Å². The molecule has 1 atom stereocenters. The van der Waals surface area contributed by atoms with Gasteiger partial charge in [0.2, 0.25) is 0 Å². The summed E-state index contributed by atoms with van der Waals surface area (Å²) in [6, 6.07) is 3.26. The Morgan fingerprint density at radius 1 is 1.15 bits per heavy atom. The largest absolute Gasteiger partial charge is 0.480 e. The molecule has 1 aliphatic heterocycles. The summed E-state index contributed by atoms with van der Waals surface area (Å²) in [5.41, 5.74) is 0.631. The van der Waals surface area contributed by atoms with E-state index in [0.29, 0.717) is 19.4 Å². The number of nitrogens with zero attached hydrogens (tertiary/aromatic N) is 1. The van der Waals surface area contributed by atoms with Crippen molar-refractivity contribution in [2.45, 2.75) is 46.1 Å². The predicted molar refractivity (Wildman–Crippen MR) is 95.1 cm³/mol. The summed E-state index contributed by atoms with van der Waals surface area (Å²) >= 11 is 0. The summed E-state index contributed by atoms with van der Waals surface area (Å²) in [7, 11) is 0. The highest BCUT2D eigenvalue weighted by molar-refractivity contribution is 6.22. The van der Waals surface area contributed by atoms with Crippen LogP contribution >= 0.6 is 0 Å². The van der Waals surface area contributed by atoms with E-state index in [9.17, 15) is 24.3 Å². The van der Waals surface area contributed by atoms with Gasteiger partial charge in [0.15, 0.2) is 0 Å². The maximum absolute atomic E-state index is 12.4. The molecule has 0 aliphatic carbocycles. The minimum atomic E-state index is -1.11. The standard InChI is InChI=1S/C19H24N2O5/c1-4-5-8-21-17(23)13-7-6-12(10-14(13)18(21)24)16(22)20-15(19(25)26)9-11(2)3/h6-7,10-11,15H,4-5,8-9H2,1-3H3,(H,20,22)(H,25,26)/t15-/m1/s1. The molecule has 0 fully saturated rings. The number of fused-ring (bicyclic) bond motifs is 1. The van der Waals surface area contributed by atoms with Crippen LogP contribution in [0.1, 0.15) is 71.1 Å². The fourth-order valence-electron chi connectivity index (χ4n) is 2.89. The van der Waals surface area contributed by atoms with E-state index >= 15 is 0 Å². The second-order valence-electron chi connectivity index (χ2n) is 6.87. The van der Waals surface area contributed by atoms with Gasteiger partial charge in [-0.05, 0) is 37.0 Å². The molecule has 3 amide bonds. The number of hydrogen-bond acceptors (Lipinski definition) is 4. The molecule has 7 nitrogen and oxygen atoms in total. The predicted octanol–water partition coefficient (Wildman–Crippen LogP) is 2.31. The minimum Gasteiger partial charge on any atom is -0.480 e. The van der Waals surface area contributed by atoms with Crippen molar-refractivity contribution < 1.29 is 24.3 Å². The Morgan fingerprint density at radius 2 is 1.81 bits per heavy atom. The molecular weight excluding hydrogens is 336 g/mol. The lowest BCUT2D eigenvalue weighted by Gasteiger charge is -2.16. The Labute approximate surface area is 152 Å². The number of unbranched alkanes of at least 4 members (excludes halogenated alkanes) is 1. The van der Waals surface area contributed by atoms with Gasteiger partial charge < -0.3 is 10.4 Å². The van der Waals surface area contributed by atoms with E-state index in [4.69, 9.17) is 0 Å². The lowest BCUT2D eigenvalue weighted by Crippen LogP contribution is -2.41. The van der Waals surface area contributed by atoms with Gasteiger partial charge in [-0.15, -0.1) is 0 Å². The summed E-state index contributed by atoms with van der Waals surface area (Å²) in [6.07, 6.45) is 1.87. The zero-order valence-electron chi connectivity index (χ0n) is 15.2. The van der Waals surface area contributed by atoms with Gasteiger partial charge in [-0.3, -0.25) is 19.3 Å². The summed E-state index contributed by atoms with van der Waals surface area (Å²) in [5.74, 6) is -2.35. The highest BCUT2D eigenvalue weighted by Gasteiger charge is 2.35. The van der Waals surface area contributed by atoms with Crippen molar-refractivity contribution in [1.82, 2.24) is 10.2 Å². The highest BCUT2D eigenvalue weighted by Crippen LogP contribution is 2.24. The Kier molecular flexibility index (Phi) is 6.13. The minimum absolute atomic E-state index is 0.0998. The Hall–Kier alpha value is -2.70. The topological polar surface area (TPSA) is 104 Å². The zero-order chi connectivity index (χ0) is 19.4. The Balaban J connectivity index is 2.20. The zero-order valence-corrected chi connectivity index (χ0v) is 15.2. The first-order valence-corrected chi connectivity index (χ1v) is 8.80. The van der Waals surface area contributed by atoms with Crippen molar-refractivity contribution in [3.05, 3.63) is 34.9 Å². The van der Waals surface area contributed by atoms with E-state index in [0.717, 1.165) is 6.42 Å². The van der Waals surface area contributed by atoms with Crippen molar-refractivity contribution in [2.24, 2.45) is 5.92 Å². The molecule has 7 heteroatoms. The maximum atomic E-state index is 12.4. The van der Waals surface area contributed by atoms with Crippen molar-refractivity contribution in [3.8, 4) is 0 Å². The van der Waals surface area contributed by atoms with E-state index < -0.39 is 23.8 Å². The molecule has 0 unspecified atom stereocenters. The molecule has 0 aromatic heterocycles. The van der Waals surface area contributed by atoms with Crippen molar-refractivity contribution >= 4 is 23.7 Å². The monoisotopic (exact) mass is 360 g/mol. The van der Waals surface area contributed by atoms with Gasteiger partial charge >= 0.3 is 5.97 Å². The molecule has 1 aliphatic rings. The van der Waals surface area contributed by atoms with Crippen LogP contribution in [0.5, 0.6) is 0 Å². The van der Waals surface area contributed by atoms with Crippen LogP contribution in [0.15, 0.2) is 18.2 Å². The van der Waals surface area contributed by atoms with E-state index in [-0.39, 0.29) is 28.5 Å². The molecule has 140 valence electrons. The quantitative estimate of drug-likeness (QED) is 0.692. The molecule has 1 aromatic rings. The lowest BCUT2D eigenvalue weighted by molar-refractivity contribution is -0.139. The maximum Gasteiger partial charge on any atom is 0.326 e. The van der Waals surface area contributed by atoms with Gasteiger partial charge in [0.05, 0.1) is 11.1 Å². The molecule has 1 heterocycles. The first-order valence-electron chi connectivity index (χ1n) is 8.80. The Morgan fingerprint density at radius 3 is 2.38 bits per heavy atom. The summed E-state index contributed by atoms with van der Waals surface area (Å²) in [5, 5.41) is 11.7. The lowest BCUT2D eigenvalue weighted by atomic mass is 10.0. The van der Waals surface area contributed by atoms with E-state index in [1.165, 1.54) is 23.1 Å². The van der Waals surface area contributed by atoms with Crippen LogP contribution in [-0.2, 0) is 4.79 Å². The van der Waals surface area contributed by atoms with Crippen LogP contribution < -0.4 is 5.32 Å². The molecule has 0 saturated heterocycles. The number of amides is 3. The highest BCUT2D eigenvalue weighted by atomic mass is 16.4. The number of aliphatic carboxylic acids is 1. The number of nitrogens with one attached hydrogen (secondary N) is 1. The average molecular weight is 360 g/mol. The van der Waals surface area contributed by atoms with Gasteiger partial charge in [0, 0.05) is 12.1 Å². The van der Waals surface area contributed by atoms with Crippen LogP contribution in [-0.4, -0.2) is 46.3 Å². The van der Waals surface area contributed by atoms with Gasteiger partial charge in [0.1, 0.15) is 6.04 Å². The number of rotatable bonds is 8. The van der Waals surface area contributed by atoms with Gasteiger partial charge in [-0.2, -0.15) is 0 Å². The van der Waals surface area contributed by atoms with E-state index in [1.807, 2.05) is 20.8 Å². The number of hydrogen-bond donors (Lipinski definition) is 2. The van der Waals surface area contributed by atoms with Gasteiger partial charge in [0.25, 0.3) is 17.7 Å². The van der Waals surface area contributed by atoms with Gasteiger partial charge in [-0.1, -0.05) is 27.2 Å². The number of carbonyl (C=O) groups is 4. The molecule has 26 heavy (non-hydrogen) atoms. The smallest absolute Gasteiger partial charge is 0.326 e. The molecule has 0 radical (unpaired) electrons. The Bertz CT molecular complexity index is 741. The van der Waals surface area contributed by atoms with Crippen LogP contribution in [0.4, 0.5) is 0 Å². The van der Waals surface area contributed by atoms with Gasteiger partial charge in [-0.25, -0.2) is 4.79 Å². The van der Waals surface area contributed by atoms with E-state index in [2.05, 4.69) is 5.32 Å². The summed E-state index contributed by atoms with van der Waals surface area (Å²) in [6.45, 7) is 6.05. The average Bonchev–Trinajstić information content (AvgIpc) is 2.82. The van der Waals surface area contributed by atoms with Crippen LogP contribution in [0.3, 0.4) is 0 Å². The first-order chi connectivity index (χ1) is 12.3. The number of carboxylic acids is 1. The van der Waals surface area contributed by atoms with Crippen molar-refractivity contribution in [2.75, 3.05) is 6.54 Å². The second-order valence-corrected chi connectivity index (χ2v) is 6.87. The molecule has 0 spiro atoms. The van der Waals surface area contributed by atoms with Crippen LogP contribution in [0.2, 0.25) is 0 Å². The van der Waals surface area contributed by atoms with Crippen LogP contribution in [0.25, 0.3) is 0 Å². The third-order valence-corrected chi connectivity index (χ3v) is 4.28. The number of imide groups is 1. The number of benzene rings is 1. The number of carboxylic acid groups (broad SMARTS) is 1.